The highest BCUT2D eigenvalue weighted by Gasteiger charge is 2.35. The number of nitrogens with two attached hydrogens (primary N) is 1. The highest BCUT2D eigenvalue weighted by molar-refractivity contribution is 5.88. The maximum atomic E-state index is 12.7. The van der Waals surface area contributed by atoms with Crippen molar-refractivity contribution in [2.24, 2.45) is 5.73 Å². The number of hydrogen-bond donors (Lipinski definition) is 2. The van der Waals surface area contributed by atoms with E-state index in [1.165, 1.54) is 0 Å². The minimum Gasteiger partial charge on any atom is -0.476 e. The van der Waals surface area contributed by atoms with Crippen LogP contribution in [0.25, 0.3) is 0 Å². The van der Waals surface area contributed by atoms with Gasteiger partial charge in [0.25, 0.3) is 6.43 Å². The van der Waals surface area contributed by atoms with Crippen molar-refractivity contribution in [3.05, 3.63) is 23.0 Å². The van der Waals surface area contributed by atoms with Gasteiger partial charge in [0.2, 0.25) is 0 Å². The summed E-state index contributed by atoms with van der Waals surface area (Å²) in [5.41, 5.74) is 2.11. The quantitative estimate of drug-likeness (QED) is 0.828. The molecule has 0 spiro atoms. The van der Waals surface area contributed by atoms with Crippen molar-refractivity contribution in [2.75, 3.05) is 0 Å². The van der Waals surface area contributed by atoms with Crippen molar-refractivity contribution in [3.63, 3.8) is 0 Å². The molecule has 1 aromatic heterocycles. The standard InChI is InChI=1S/C9H7F5N2O3/c10-7(11)5-4(19-9(12,13)14)1-3(2-15)16-6(5)8(17)18/h1,7H,2,15H2,(H,17,18). The predicted molar refractivity (Wildman–Crippen MR) is 50.7 cm³/mol. The van der Waals surface area contributed by atoms with Gasteiger partial charge >= 0.3 is 12.3 Å². The Morgan fingerprint density at radius 1 is 1.47 bits per heavy atom. The van der Waals surface area contributed by atoms with Gasteiger partial charge in [-0.25, -0.2) is 18.6 Å². The van der Waals surface area contributed by atoms with Crippen LogP contribution in [-0.2, 0) is 6.54 Å². The molecule has 0 aliphatic carbocycles. The summed E-state index contributed by atoms with van der Waals surface area (Å²) in [4.78, 5) is 14.0. The first-order valence-electron chi connectivity index (χ1n) is 4.66. The minimum absolute atomic E-state index is 0.318. The van der Waals surface area contributed by atoms with E-state index >= 15 is 0 Å². The molecule has 1 rings (SSSR count). The van der Waals surface area contributed by atoms with Crippen LogP contribution < -0.4 is 10.5 Å². The van der Waals surface area contributed by atoms with E-state index in [1.807, 2.05) is 0 Å². The summed E-state index contributed by atoms with van der Waals surface area (Å²) in [6.07, 6.45) is -8.74. The summed E-state index contributed by atoms with van der Waals surface area (Å²) in [5.74, 6) is -3.23. The van der Waals surface area contributed by atoms with Crippen molar-refractivity contribution in [1.82, 2.24) is 4.98 Å². The third-order valence-corrected chi connectivity index (χ3v) is 1.93. The van der Waals surface area contributed by atoms with E-state index in [9.17, 15) is 26.7 Å². The van der Waals surface area contributed by atoms with Gasteiger partial charge in [0.1, 0.15) is 5.75 Å². The summed E-state index contributed by atoms with van der Waals surface area (Å²) in [6.45, 7) is -0.433. The molecule has 1 aromatic rings. The molecular weight excluding hydrogens is 279 g/mol. The van der Waals surface area contributed by atoms with E-state index in [0.717, 1.165) is 0 Å². The highest BCUT2D eigenvalue weighted by Crippen LogP contribution is 2.35. The number of aromatic nitrogens is 1. The second-order valence-electron chi connectivity index (χ2n) is 3.23. The third-order valence-electron chi connectivity index (χ3n) is 1.93. The Balaban J connectivity index is 3.48. The summed E-state index contributed by atoms with van der Waals surface area (Å²) in [6, 6.07) is 0.529. The van der Waals surface area contributed by atoms with E-state index < -0.39 is 42.3 Å². The molecule has 0 aliphatic rings. The number of pyridine rings is 1. The zero-order chi connectivity index (χ0) is 14.8. The molecule has 1 heterocycles. The first-order chi connectivity index (χ1) is 8.65. The topological polar surface area (TPSA) is 85.4 Å². The number of halogens is 5. The molecule has 10 heteroatoms. The molecule has 0 saturated carbocycles. The van der Waals surface area contributed by atoms with Crippen LogP contribution in [0.15, 0.2) is 6.07 Å². The summed E-state index contributed by atoms with van der Waals surface area (Å²) in [5, 5.41) is 8.68. The molecule has 0 bridgehead atoms. The first-order valence-corrected chi connectivity index (χ1v) is 4.66. The van der Waals surface area contributed by atoms with Crippen LogP contribution >= 0.6 is 0 Å². The van der Waals surface area contributed by atoms with Crippen LogP contribution in [-0.4, -0.2) is 22.4 Å². The fourth-order valence-corrected chi connectivity index (χ4v) is 1.27. The van der Waals surface area contributed by atoms with Crippen LogP contribution in [0, 0.1) is 0 Å². The van der Waals surface area contributed by atoms with Gasteiger partial charge in [0, 0.05) is 12.6 Å². The fourth-order valence-electron chi connectivity index (χ4n) is 1.27. The fraction of sp³-hybridized carbons (Fsp3) is 0.333. The largest absolute Gasteiger partial charge is 0.573 e. The predicted octanol–water partition coefficient (Wildman–Crippen LogP) is 2.07. The monoisotopic (exact) mass is 286 g/mol. The summed E-state index contributed by atoms with van der Waals surface area (Å²) >= 11 is 0. The number of carboxylic acids is 1. The summed E-state index contributed by atoms with van der Waals surface area (Å²) < 4.78 is 65.0. The molecule has 5 nitrogen and oxygen atoms in total. The van der Waals surface area contributed by atoms with Gasteiger partial charge in [-0.3, -0.25) is 0 Å². The molecule has 0 aliphatic heterocycles. The Morgan fingerprint density at radius 2 is 2.05 bits per heavy atom. The molecule has 0 unspecified atom stereocenters. The molecule has 0 aromatic carbocycles. The molecule has 0 amide bonds. The van der Waals surface area contributed by atoms with Crippen molar-refractivity contribution in [3.8, 4) is 5.75 Å². The summed E-state index contributed by atoms with van der Waals surface area (Å²) in [7, 11) is 0. The molecule has 106 valence electrons. The average Bonchev–Trinajstić information content (AvgIpc) is 2.24. The van der Waals surface area contributed by atoms with Crippen LogP contribution in [0.1, 0.15) is 28.2 Å². The van der Waals surface area contributed by atoms with Crippen molar-refractivity contribution in [2.45, 2.75) is 19.3 Å². The lowest BCUT2D eigenvalue weighted by Gasteiger charge is -2.15. The second-order valence-corrected chi connectivity index (χ2v) is 3.23. The third kappa shape index (κ3) is 3.74. The Kier molecular flexibility index (Phi) is 4.24. The normalized spacial score (nSPS) is 11.7. The molecule has 0 saturated heterocycles. The highest BCUT2D eigenvalue weighted by atomic mass is 19.4. The van der Waals surface area contributed by atoms with Crippen LogP contribution in [0.2, 0.25) is 0 Å². The van der Waals surface area contributed by atoms with E-state index in [2.05, 4.69) is 9.72 Å². The molecule has 0 atom stereocenters. The second kappa shape index (κ2) is 5.34. The number of aromatic carboxylic acids is 1. The molecular formula is C9H7F5N2O3. The molecule has 0 fully saturated rings. The van der Waals surface area contributed by atoms with E-state index in [1.54, 1.807) is 0 Å². The van der Waals surface area contributed by atoms with Gasteiger partial charge in [-0.2, -0.15) is 0 Å². The van der Waals surface area contributed by atoms with Gasteiger partial charge in [-0.1, -0.05) is 0 Å². The zero-order valence-corrected chi connectivity index (χ0v) is 9.04. The van der Waals surface area contributed by atoms with Crippen LogP contribution in [0.3, 0.4) is 0 Å². The van der Waals surface area contributed by atoms with Gasteiger partial charge in [-0.15, -0.1) is 13.2 Å². The smallest absolute Gasteiger partial charge is 0.476 e. The van der Waals surface area contributed by atoms with Crippen molar-refractivity contribution >= 4 is 5.97 Å². The van der Waals surface area contributed by atoms with Gasteiger partial charge < -0.3 is 15.6 Å². The van der Waals surface area contributed by atoms with E-state index in [4.69, 9.17) is 10.8 Å². The zero-order valence-electron chi connectivity index (χ0n) is 9.04. The van der Waals surface area contributed by atoms with Crippen molar-refractivity contribution < 1.29 is 36.6 Å². The lowest BCUT2D eigenvalue weighted by Crippen LogP contribution is -2.21. The van der Waals surface area contributed by atoms with Gasteiger partial charge in [0.05, 0.1) is 11.3 Å². The number of ether oxygens (including phenoxy) is 1. The van der Waals surface area contributed by atoms with E-state index in [-0.39, 0.29) is 5.69 Å². The lowest BCUT2D eigenvalue weighted by molar-refractivity contribution is -0.275. The number of rotatable bonds is 4. The molecule has 19 heavy (non-hydrogen) atoms. The van der Waals surface area contributed by atoms with Gasteiger partial charge in [-0.05, 0) is 0 Å². The average molecular weight is 286 g/mol. The lowest BCUT2D eigenvalue weighted by atomic mass is 10.1. The molecule has 3 N–H and O–H groups in total. The Morgan fingerprint density at radius 3 is 2.42 bits per heavy atom. The number of alkyl halides is 5. The first kappa shape index (κ1) is 15.1. The Labute approximate surface area is 102 Å². The Hall–Kier alpha value is -1.97. The van der Waals surface area contributed by atoms with Crippen LogP contribution in [0.5, 0.6) is 5.75 Å². The maximum absolute atomic E-state index is 12.7. The van der Waals surface area contributed by atoms with E-state index in [0.29, 0.717) is 6.07 Å². The van der Waals surface area contributed by atoms with Gasteiger partial charge in [0.15, 0.2) is 5.69 Å². The van der Waals surface area contributed by atoms with Crippen LogP contribution in [0.4, 0.5) is 22.0 Å². The number of carbonyl (C=O) groups is 1. The number of nitrogens with zero attached hydrogens (tertiary/aromatic N) is 1. The SMILES string of the molecule is NCc1cc(OC(F)(F)F)c(C(F)F)c(C(=O)O)n1. The molecule has 0 radical (unpaired) electrons. The maximum Gasteiger partial charge on any atom is 0.573 e. The van der Waals surface area contributed by atoms with Crippen molar-refractivity contribution in [1.29, 1.82) is 0 Å². The minimum atomic E-state index is -5.24. The Bertz CT molecular complexity index is 489. The number of hydrogen-bond acceptors (Lipinski definition) is 4. The number of carboxylic acid groups (broad SMARTS) is 1.